The zero-order valence-corrected chi connectivity index (χ0v) is 13.2. The summed E-state index contributed by atoms with van der Waals surface area (Å²) in [6.45, 7) is 0. The van der Waals surface area contributed by atoms with Gasteiger partial charge in [-0.3, -0.25) is 9.59 Å². The zero-order chi connectivity index (χ0) is 16.9. The molecular weight excluding hydrogens is 304 g/mol. The Hall–Kier alpha value is -2.75. The van der Waals surface area contributed by atoms with Gasteiger partial charge in [-0.05, 0) is 31.4 Å². The van der Waals surface area contributed by atoms with E-state index in [-0.39, 0.29) is 11.6 Å². The summed E-state index contributed by atoms with van der Waals surface area (Å²) >= 11 is 0. The lowest BCUT2D eigenvalue weighted by Gasteiger charge is -2.20. The van der Waals surface area contributed by atoms with Crippen LogP contribution < -0.4 is 0 Å². The summed E-state index contributed by atoms with van der Waals surface area (Å²) in [5.74, 6) is -0.627. The van der Waals surface area contributed by atoms with Crippen molar-refractivity contribution in [1.82, 2.24) is 0 Å². The standard InChI is InChI=1S/C20H18O4/c21-17-8-4-5-9-18(17)24-20(23)16-12-10-15(11-13-16)19(22)14-6-2-1-3-7-14/h1-3,6-7,10-13,18H,4-5,8-9H2/t18-/m0/s1. The highest BCUT2D eigenvalue weighted by molar-refractivity contribution is 6.09. The Kier molecular flexibility index (Phi) is 4.85. The average molecular weight is 322 g/mol. The number of Topliss-reactive ketones (excluding diaryl/α,β-unsaturated/α-hetero) is 1. The van der Waals surface area contributed by atoms with Crippen molar-refractivity contribution in [3.05, 3.63) is 71.3 Å². The summed E-state index contributed by atoms with van der Waals surface area (Å²) in [7, 11) is 0. The monoisotopic (exact) mass is 322 g/mol. The van der Waals surface area contributed by atoms with E-state index in [0.29, 0.717) is 29.5 Å². The highest BCUT2D eigenvalue weighted by atomic mass is 16.5. The number of hydrogen-bond donors (Lipinski definition) is 0. The maximum atomic E-state index is 12.3. The highest BCUT2D eigenvalue weighted by Crippen LogP contribution is 2.19. The molecule has 0 spiro atoms. The van der Waals surface area contributed by atoms with Gasteiger partial charge in [-0.1, -0.05) is 42.5 Å². The van der Waals surface area contributed by atoms with Gasteiger partial charge in [-0.25, -0.2) is 4.79 Å². The van der Waals surface area contributed by atoms with Gasteiger partial charge in [-0.2, -0.15) is 0 Å². The van der Waals surface area contributed by atoms with Gasteiger partial charge in [0.15, 0.2) is 17.7 Å². The fraction of sp³-hybridized carbons (Fsp3) is 0.250. The molecule has 0 N–H and O–H groups in total. The first-order valence-electron chi connectivity index (χ1n) is 8.08. The Morgan fingerprint density at radius 3 is 2.12 bits per heavy atom. The van der Waals surface area contributed by atoms with Crippen LogP contribution in [-0.4, -0.2) is 23.6 Å². The Labute approximate surface area is 140 Å². The molecule has 0 radical (unpaired) electrons. The van der Waals surface area contributed by atoms with Crippen LogP contribution in [0.3, 0.4) is 0 Å². The lowest BCUT2D eigenvalue weighted by molar-refractivity contribution is -0.129. The molecule has 0 bridgehead atoms. The van der Waals surface area contributed by atoms with Crippen molar-refractivity contribution >= 4 is 17.5 Å². The van der Waals surface area contributed by atoms with Crippen LogP contribution in [0.1, 0.15) is 52.0 Å². The van der Waals surface area contributed by atoms with Crippen LogP contribution in [0.25, 0.3) is 0 Å². The van der Waals surface area contributed by atoms with Crippen LogP contribution in [0.15, 0.2) is 54.6 Å². The van der Waals surface area contributed by atoms with Crippen molar-refractivity contribution in [2.45, 2.75) is 31.8 Å². The van der Waals surface area contributed by atoms with E-state index in [0.717, 1.165) is 12.8 Å². The van der Waals surface area contributed by atoms with Crippen LogP contribution in [0.2, 0.25) is 0 Å². The van der Waals surface area contributed by atoms with Crippen molar-refractivity contribution < 1.29 is 19.1 Å². The summed E-state index contributed by atoms with van der Waals surface area (Å²) in [4.78, 5) is 36.2. The number of rotatable bonds is 4. The molecular formula is C20H18O4. The molecule has 1 fully saturated rings. The largest absolute Gasteiger partial charge is 0.451 e. The average Bonchev–Trinajstić information content (AvgIpc) is 2.64. The van der Waals surface area contributed by atoms with E-state index in [2.05, 4.69) is 0 Å². The third-order valence-electron chi connectivity index (χ3n) is 4.17. The van der Waals surface area contributed by atoms with E-state index >= 15 is 0 Å². The van der Waals surface area contributed by atoms with Gasteiger partial charge in [0, 0.05) is 17.5 Å². The third kappa shape index (κ3) is 3.59. The number of ketones is 2. The number of hydrogen-bond acceptors (Lipinski definition) is 4. The van der Waals surface area contributed by atoms with Crippen LogP contribution in [0.4, 0.5) is 0 Å². The molecule has 0 amide bonds. The molecule has 24 heavy (non-hydrogen) atoms. The molecule has 1 aliphatic carbocycles. The van der Waals surface area contributed by atoms with E-state index in [4.69, 9.17) is 4.74 Å². The van der Waals surface area contributed by atoms with Crippen molar-refractivity contribution in [2.24, 2.45) is 0 Å². The van der Waals surface area contributed by atoms with Crippen molar-refractivity contribution in [2.75, 3.05) is 0 Å². The van der Waals surface area contributed by atoms with Gasteiger partial charge in [0.1, 0.15) is 0 Å². The summed E-state index contributed by atoms with van der Waals surface area (Å²) < 4.78 is 5.30. The van der Waals surface area contributed by atoms with Gasteiger partial charge >= 0.3 is 5.97 Å². The molecule has 4 heteroatoms. The van der Waals surface area contributed by atoms with Crippen LogP contribution >= 0.6 is 0 Å². The number of benzene rings is 2. The van der Waals surface area contributed by atoms with E-state index < -0.39 is 12.1 Å². The number of carbonyl (C=O) groups is 3. The lowest BCUT2D eigenvalue weighted by atomic mass is 9.96. The Bertz CT molecular complexity index is 747. The number of ether oxygens (including phenoxy) is 1. The van der Waals surface area contributed by atoms with Gasteiger partial charge in [0.2, 0.25) is 0 Å². The first kappa shape index (κ1) is 16.1. The second-order valence-corrected chi connectivity index (χ2v) is 5.88. The molecule has 2 aromatic carbocycles. The first-order valence-corrected chi connectivity index (χ1v) is 8.08. The molecule has 1 saturated carbocycles. The van der Waals surface area contributed by atoms with Gasteiger partial charge in [-0.15, -0.1) is 0 Å². The van der Waals surface area contributed by atoms with E-state index in [1.807, 2.05) is 6.07 Å². The smallest absolute Gasteiger partial charge is 0.338 e. The minimum Gasteiger partial charge on any atom is -0.451 e. The van der Waals surface area contributed by atoms with Crippen LogP contribution in [0.5, 0.6) is 0 Å². The molecule has 3 rings (SSSR count). The molecule has 0 aliphatic heterocycles. The molecule has 0 unspecified atom stereocenters. The van der Waals surface area contributed by atoms with Crippen LogP contribution in [0, 0.1) is 0 Å². The lowest BCUT2D eigenvalue weighted by Crippen LogP contribution is -2.30. The third-order valence-corrected chi connectivity index (χ3v) is 4.17. The molecule has 4 nitrogen and oxygen atoms in total. The maximum Gasteiger partial charge on any atom is 0.338 e. The number of esters is 1. The second kappa shape index (κ2) is 7.21. The minimum absolute atomic E-state index is 0.00882. The molecule has 1 atom stereocenters. The summed E-state index contributed by atoms with van der Waals surface area (Å²) in [6.07, 6.45) is 2.20. The van der Waals surface area contributed by atoms with E-state index in [9.17, 15) is 14.4 Å². The van der Waals surface area contributed by atoms with Crippen molar-refractivity contribution in [1.29, 1.82) is 0 Å². The summed E-state index contributed by atoms with van der Waals surface area (Å²) in [5.41, 5.74) is 1.45. The highest BCUT2D eigenvalue weighted by Gasteiger charge is 2.26. The normalized spacial score (nSPS) is 17.3. The van der Waals surface area contributed by atoms with Gasteiger partial charge < -0.3 is 4.74 Å². The van der Waals surface area contributed by atoms with Crippen LogP contribution in [-0.2, 0) is 9.53 Å². The van der Waals surface area contributed by atoms with Gasteiger partial charge in [0.25, 0.3) is 0 Å². The van der Waals surface area contributed by atoms with Crippen molar-refractivity contribution in [3.8, 4) is 0 Å². The predicted octanol–water partition coefficient (Wildman–Crippen LogP) is 3.59. The molecule has 1 aliphatic rings. The topological polar surface area (TPSA) is 60.4 Å². The minimum atomic E-state index is -0.628. The fourth-order valence-electron chi connectivity index (χ4n) is 2.79. The molecule has 122 valence electrons. The maximum absolute atomic E-state index is 12.3. The Balaban J connectivity index is 1.69. The quantitative estimate of drug-likeness (QED) is 0.637. The number of carbonyl (C=O) groups excluding carboxylic acids is 3. The predicted molar refractivity (Wildman–Crippen MR) is 89.0 cm³/mol. The Morgan fingerprint density at radius 1 is 0.833 bits per heavy atom. The second-order valence-electron chi connectivity index (χ2n) is 5.88. The zero-order valence-electron chi connectivity index (χ0n) is 13.2. The fourth-order valence-corrected chi connectivity index (χ4v) is 2.79. The SMILES string of the molecule is O=C(O[C@H]1CCCCC1=O)c1ccc(C(=O)c2ccccc2)cc1. The van der Waals surface area contributed by atoms with E-state index in [1.165, 1.54) is 0 Å². The summed E-state index contributed by atoms with van der Waals surface area (Å²) in [5, 5.41) is 0. The summed E-state index contributed by atoms with van der Waals surface area (Å²) in [6, 6.07) is 15.3. The van der Waals surface area contributed by atoms with Crippen molar-refractivity contribution in [3.63, 3.8) is 0 Å². The molecule has 0 aromatic heterocycles. The van der Waals surface area contributed by atoms with Gasteiger partial charge in [0.05, 0.1) is 5.56 Å². The molecule has 0 heterocycles. The molecule has 2 aromatic rings. The Morgan fingerprint density at radius 2 is 1.46 bits per heavy atom. The first-order chi connectivity index (χ1) is 11.6. The molecule has 0 saturated heterocycles. The van der Waals surface area contributed by atoms with E-state index in [1.54, 1.807) is 48.5 Å².